The largest absolute Gasteiger partial charge is 0.244 e. The molecule has 0 aliphatic carbocycles. The molecule has 0 unspecified atom stereocenters. The Balaban J connectivity index is 3.28. The van der Waals surface area contributed by atoms with E-state index in [0.29, 0.717) is 6.42 Å². The molecule has 55 valence electrons. The Morgan fingerprint density at radius 1 is 1.44 bits per heavy atom. The molecule has 0 nitrogen and oxygen atoms in total. The predicted octanol–water partition coefficient (Wildman–Crippen LogP) is 2.59. The van der Waals surface area contributed by atoms with Crippen LogP contribution in [-0.2, 0) is 0 Å². The molecule has 9 heavy (non-hydrogen) atoms. The van der Waals surface area contributed by atoms with Crippen molar-refractivity contribution in [2.24, 2.45) is 0 Å². The first-order chi connectivity index (χ1) is 3.92. The highest BCUT2D eigenvalue weighted by atomic mass is 19.3. The van der Waals surface area contributed by atoms with E-state index < -0.39 is 12.1 Å². The fraction of sp³-hybridized carbons (Fsp3) is 0.833. The lowest BCUT2D eigenvalue weighted by molar-refractivity contribution is 0.148. The quantitative estimate of drug-likeness (QED) is 0.563. The van der Waals surface area contributed by atoms with Crippen LogP contribution in [0, 0.1) is 6.42 Å². The third-order valence-corrected chi connectivity index (χ3v) is 0.781. The molecule has 0 atom stereocenters. The van der Waals surface area contributed by atoms with Crippen molar-refractivity contribution in [2.75, 3.05) is 0 Å². The average molecular weight is 139 g/mol. The second kappa shape index (κ2) is 3.08. The fourth-order valence-electron chi connectivity index (χ4n) is 0.369. The van der Waals surface area contributed by atoms with Gasteiger partial charge in [0.15, 0.2) is 0 Å². The summed E-state index contributed by atoms with van der Waals surface area (Å²) in [5, 5.41) is 0. The van der Waals surface area contributed by atoms with Gasteiger partial charge in [-0.25, -0.2) is 13.2 Å². The SMILES string of the molecule is CC(C)(F)C[CH]C(F)F. The number of hydrogen-bond acceptors (Lipinski definition) is 0. The molecular formula is C6H10F3. The summed E-state index contributed by atoms with van der Waals surface area (Å²) in [6.45, 7) is 2.54. The van der Waals surface area contributed by atoms with Gasteiger partial charge in [-0.15, -0.1) is 0 Å². The summed E-state index contributed by atoms with van der Waals surface area (Å²) in [5.41, 5.74) is -1.50. The summed E-state index contributed by atoms with van der Waals surface area (Å²) in [4.78, 5) is 0. The topological polar surface area (TPSA) is 0 Å². The maximum Gasteiger partial charge on any atom is 0.242 e. The minimum Gasteiger partial charge on any atom is -0.244 e. The molecule has 0 rings (SSSR count). The van der Waals surface area contributed by atoms with Gasteiger partial charge >= 0.3 is 0 Å². The molecule has 0 amide bonds. The third kappa shape index (κ3) is 7.79. The number of hydrogen-bond donors (Lipinski definition) is 0. The Labute approximate surface area is 53.1 Å². The smallest absolute Gasteiger partial charge is 0.242 e. The highest BCUT2D eigenvalue weighted by molar-refractivity contribution is 4.78. The molecule has 0 saturated heterocycles. The van der Waals surface area contributed by atoms with Crippen LogP contribution in [0.3, 0.4) is 0 Å². The van der Waals surface area contributed by atoms with Crippen LogP contribution in [0.25, 0.3) is 0 Å². The highest BCUT2D eigenvalue weighted by Gasteiger charge is 2.17. The lowest BCUT2D eigenvalue weighted by Crippen LogP contribution is -2.13. The van der Waals surface area contributed by atoms with Crippen molar-refractivity contribution in [1.82, 2.24) is 0 Å². The van der Waals surface area contributed by atoms with Gasteiger partial charge in [0.1, 0.15) is 5.67 Å². The van der Waals surface area contributed by atoms with Crippen molar-refractivity contribution in [3.8, 4) is 0 Å². The van der Waals surface area contributed by atoms with Gasteiger partial charge in [-0.05, 0) is 20.3 Å². The molecule has 0 saturated carbocycles. The van der Waals surface area contributed by atoms with Crippen molar-refractivity contribution in [3.63, 3.8) is 0 Å². The lowest BCUT2D eigenvalue weighted by Gasteiger charge is -2.11. The Morgan fingerprint density at radius 3 is 2.00 bits per heavy atom. The van der Waals surface area contributed by atoms with Crippen LogP contribution in [0.1, 0.15) is 20.3 Å². The van der Waals surface area contributed by atoms with Gasteiger partial charge in [0.25, 0.3) is 0 Å². The van der Waals surface area contributed by atoms with Crippen LogP contribution >= 0.6 is 0 Å². The molecule has 0 aromatic carbocycles. The highest BCUT2D eigenvalue weighted by Crippen LogP contribution is 2.17. The molecule has 0 aliphatic heterocycles. The average Bonchev–Trinajstić information content (AvgIpc) is 1.59. The second-order valence-electron chi connectivity index (χ2n) is 2.49. The fourth-order valence-corrected chi connectivity index (χ4v) is 0.369. The van der Waals surface area contributed by atoms with Gasteiger partial charge in [-0.2, -0.15) is 0 Å². The monoisotopic (exact) mass is 139 g/mol. The van der Waals surface area contributed by atoms with E-state index in [2.05, 4.69) is 0 Å². The second-order valence-corrected chi connectivity index (χ2v) is 2.49. The Kier molecular flexibility index (Phi) is 3.01. The molecule has 0 aromatic rings. The summed E-state index contributed by atoms with van der Waals surface area (Å²) >= 11 is 0. The molecule has 0 N–H and O–H groups in total. The molecular weight excluding hydrogens is 129 g/mol. The maximum atomic E-state index is 12.4. The third-order valence-electron chi connectivity index (χ3n) is 0.781. The van der Waals surface area contributed by atoms with E-state index in [-0.39, 0.29) is 6.42 Å². The molecule has 0 spiro atoms. The van der Waals surface area contributed by atoms with Crippen LogP contribution in [0.2, 0.25) is 0 Å². The van der Waals surface area contributed by atoms with Crippen LogP contribution in [0.5, 0.6) is 0 Å². The Bertz CT molecular complexity index is 72.9. The number of rotatable bonds is 3. The van der Waals surface area contributed by atoms with Gasteiger partial charge in [-0.3, -0.25) is 0 Å². The minimum atomic E-state index is -2.50. The standard InChI is InChI=1S/C6H10F3/c1-6(2,9)4-3-5(7)8/h3,5H,4H2,1-2H3. The lowest BCUT2D eigenvalue weighted by atomic mass is 10.1. The minimum absolute atomic E-state index is 0.190. The normalized spacial score (nSPS) is 12.7. The van der Waals surface area contributed by atoms with E-state index in [1.54, 1.807) is 0 Å². The van der Waals surface area contributed by atoms with Crippen LogP contribution in [-0.4, -0.2) is 12.1 Å². The first-order valence-corrected chi connectivity index (χ1v) is 2.72. The first-order valence-electron chi connectivity index (χ1n) is 2.72. The summed E-state index contributed by atoms with van der Waals surface area (Å²) in [5.74, 6) is 0. The molecule has 0 aromatic heterocycles. The van der Waals surface area contributed by atoms with E-state index in [4.69, 9.17) is 0 Å². The molecule has 3 heteroatoms. The van der Waals surface area contributed by atoms with Gasteiger partial charge in [0.05, 0.1) is 0 Å². The van der Waals surface area contributed by atoms with Crippen molar-refractivity contribution in [3.05, 3.63) is 6.42 Å². The van der Waals surface area contributed by atoms with Gasteiger partial charge in [0.2, 0.25) is 6.43 Å². The molecule has 1 radical (unpaired) electrons. The zero-order valence-electron chi connectivity index (χ0n) is 5.50. The molecule has 0 heterocycles. The van der Waals surface area contributed by atoms with Gasteiger partial charge < -0.3 is 0 Å². The van der Waals surface area contributed by atoms with E-state index >= 15 is 0 Å². The Morgan fingerprint density at radius 2 is 1.89 bits per heavy atom. The van der Waals surface area contributed by atoms with Crippen LogP contribution < -0.4 is 0 Å². The van der Waals surface area contributed by atoms with Gasteiger partial charge in [0, 0.05) is 6.42 Å². The summed E-state index contributed by atoms with van der Waals surface area (Å²) in [7, 11) is 0. The first kappa shape index (κ1) is 8.79. The molecule has 0 bridgehead atoms. The predicted molar refractivity (Wildman–Crippen MR) is 30.1 cm³/mol. The van der Waals surface area contributed by atoms with Crippen LogP contribution in [0.15, 0.2) is 0 Å². The summed E-state index contributed by atoms with van der Waals surface area (Å²) in [6.07, 6.45) is -2.02. The van der Waals surface area contributed by atoms with Crippen LogP contribution in [0.4, 0.5) is 13.2 Å². The van der Waals surface area contributed by atoms with E-state index in [9.17, 15) is 13.2 Å². The number of alkyl halides is 3. The van der Waals surface area contributed by atoms with E-state index in [0.717, 1.165) is 0 Å². The van der Waals surface area contributed by atoms with Crippen molar-refractivity contribution >= 4 is 0 Å². The zero-order chi connectivity index (χ0) is 7.49. The molecule has 0 aliphatic rings. The number of halogens is 3. The summed E-state index contributed by atoms with van der Waals surface area (Å²) in [6, 6.07) is 0. The van der Waals surface area contributed by atoms with Crippen molar-refractivity contribution < 1.29 is 13.2 Å². The maximum absolute atomic E-state index is 12.4. The van der Waals surface area contributed by atoms with Crippen molar-refractivity contribution in [1.29, 1.82) is 0 Å². The van der Waals surface area contributed by atoms with E-state index in [1.165, 1.54) is 13.8 Å². The van der Waals surface area contributed by atoms with E-state index in [1.807, 2.05) is 0 Å². The zero-order valence-corrected chi connectivity index (χ0v) is 5.50. The summed E-state index contributed by atoms with van der Waals surface area (Å²) < 4.78 is 35.1. The van der Waals surface area contributed by atoms with Gasteiger partial charge in [-0.1, -0.05) is 0 Å². The molecule has 0 fully saturated rings. The van der Waals surface area contributed by atoms with Crippen molar-refractivity contribution in [2.45, 2.75) is 32.4 Å². The Hall–Kier alpha value is -0.210.